The van der Waals surface area contributed by atoms with Gasteiger partial charge in [-0.2, -0.15) is 0 Å². The minimum Gasteiger partial charge on any atom is -0.421 e. The summed E-state index contributed by atoms with van der Waals surface area (Å²) < 4.78 is 5.42. The van der Waals surface area contributed by atoms with Crippen molar-refractivity contribution in [1.29, 1.82) is 0 Å². The first-order valence-corrected chi connectivity index (χ1v) is 5.13. The van der Waals surface area contributed by atoms with Crippen LogP contribution < -0.4 is 0 Å². The molecule has 0 radical (unpaired) electrons. The largest absolute Gasteiger partial charge is 0.421 e. The molecule has 0 fully saturated rings. The maximum absolute atomic E-state index is 5.58. The van der Waals surface area contributed by atoms with Crippen molar-refractivity contribution in [2.75, 3.05) is 5.88 Å². The molecule has 0 saturated heterocycles. The summed E-state index contributed by atoms with van der Waals surface area (Å²) in [6, 6.07) is 1.95. The molecule has 0 spiro atoms. The zero-order chi connectivity index (χ0) is 10.7. The molecule has 0 unspecified atom stereocenters. The lowest BCUT2D eigenvalue weighted by Gasteiger charge is -1.94. The summed E-state index contributed by atoms with van der Waals surface area (Å²) in [6.07, 6.45) is 4.07. The van der Waals surface area contributed by atoms with Crippen LogP contribution in [0.5, 0.6) is 0 Å². The van der Waals surface area contributed by atoms with Crippen LogP contribution in [0.4, 0.5) is 0 Å². The van der Waals surface area contributed by atoms with Crippen LogP contribution in [0.15, 0.2) is 22.9 Å². The maximum Gasteiger partial charge on any atom is 0.249 e. The average Bonchev–Trinajstić information content (AvgIpc) is 2.67. The van der Waals surface area contributed by atoms with Crippen LogP contribution in [0, 0.1) is 6.92 Å². The Hall–Kier alpha value is -1.42. The summed E-state index contributed by atoms with van der Waals surface area (Å²) in [5.41, 5.74) is 1.90. The van der Waals surface area contributed by atoms with Gasteiger partial charge in [0.2, 0.25) is 11.8 Å². The van der Waals surface area contributed by atoms with Crippen molar-refractivity contribution in [3.05, 3.63) is 29.9 Å². The van der Waals surface area contributed by atoms with Crippen molar-refractivity contribution in [3.63, 3.8) is 0 Å². The molecule has 0 aliphatic carbocycles. The Balaban J connectivity index is 2.29. The maximum atomic E-state index is 5.58. The summed E-state index contributed by atoms with van der Waals surface area (Å²) >= 11 is 5.58. The third-order valence-electron chi connectivity index (χ3n) is 1.90. The van der Waals surface area contributed by atoms with Gasteiger partial charge in [-0.1, -0.05) is 0 Å². The van der Waals surface area contributed by atoms with E-state index in [0.717, 1.165) is 11.1 Å². The van der Waals surface area contributed by atoms with E-state index in [-0.39, 0.29) is 0 Å². The summed E-state index contributed by atoms with van der Waals surface area (Å²) in [6.45, 7) is 1.96. The van der Waals surface area contributed by atoms with E-state index < -0.39 is 0 Å². The van der Waals surface area contributed by atoms with Crippen molar-refractivity contribution >= 4 is 11.6 Å². The minimum atomic E-state index is 0.480. The molecule has 0 bridgehead atoms. The quantitative estimate of drug-likeness (QED) is 0.749. The van der Waals surface area contributed by atoms with E-state index in [1.54, 1.807) is 12.4 Å². The molecule has 15 heavy (non-hydrogen) atoms. The van der Waals surface area contributed by atoms with Gasteiger partial charge in [0, 0.05) is 24.7 Å². The molecule has 0 aromatic carbocycles. The smallest absolute Gasteiger partial charge is 0.249 e. The lowest BCUT2D eigenvalue weighted by atomic mass is 10.2. The Morgan fingerprint density at radius 3 is 2.93 bits per heavy atom. The fraction of sp³-hybridized carbons (Fsp3) is 0.300. The zero-order valence-electron chi connectivity index (χ0n) is 8.27. The molecular weight excluding hydrogens is 214 g/mol. The molecule has 0 saturated carbocycles. The van der Waals surface area contributed by atoms with Crippen LogP contribution in [0.25, 0.3) is 11.5 Å². The predicted octanol–water partition coefficient (Wildman–Crippen LogP) is 2.22. The number of hydrogen-bond donors (Lipinski definition) is 0. The molecule has 2 aromatic rings. The molecule has 0 aliphatic heterocycles. The molecule has 2 aromatic heterocycles. The first-order chi connectivity index (χ1) is 7.29. The number of nitrogens with zero attached hydrogens (tertiary/aromatic N) is 3. The van der Waals surface area contributed by atoms with E-state index in [2.05, 4.69) is 15.2 Å². The van der Waals surface area contributed by atoms with Crippen molar-refractivity contribution < 1.29 is 4.42 Å². The Labute approximate surface area is 92.3 Å². The van der Waals surface area contributed by atoms with E-state index in [0.29, 0.717) is 24.1 Å². The molecular formula is C10H10ClN3O. The van der Waals surface area contributed by atoms with E-state index in [1.807, 2.05) is 13.0 Å². The highest BCUT2D eigenvalue weighted by Gasteiger charge is 2.08. The third kappa shape index (κ3) is 2.33. The van der Waals surface area contributed by atoms with Crippen LogP contribution in [-0.2, 0) is 6.42 Å². The third-order valence-corrected chi connectivity index (χ3v) is 2.09. The topological polar surface area (TPSA) is 51.8 Å². The van der Waals surface area contributed by atoms with E-state index in [9.17, 15) is 0 Å². The molecule has 2 rings (SSSR count). The number of halogens is 1. The fourth-order valence-corrected chi connectivity index (χ4v) is 1.39. The van der Waals surface area contributed by atoms with Gasteiger partial charge in [-0.15, -0.1) is 21.8 Å². The molecule has 0 amide bonds. The van der Waals surface area contributed by atoms with E-state index >= 15 is 0 Å². The normalized spacial score (nSPS) is 10.5. The van der Waals surface area contributed by atoms with Crippen LogP contribution in [-0.4, -0.2) is 21.1 Å². The number of aromatic nitrogens is 3. The first kappa shape index (κ1) is 10.1. The van der Waals surface area contributed by atoms with Crippen LogP contribution in [0.2, 0.25) is 0 Å². The highest BCUT2D eigenvalue weighted by atomic mass is 35.5. The SMILES string of the molecule is Cc1cncc(-c2nnc(CCCl)o2)c1. The molecule has 0 N–H and O–H groups in total. The monoisotopic (exact) mass is 223 g/mol. The number of pyridine rings is 1. The number of hydrogen-bond acceptors (Lipinski definition) is 4. The average molecular weight is 224 g/mol. The van der Waals surface area contributed by atoms with Gasteiger partial charge in [0.25, 0.3) is 0 Å². The first-order valence-electron chi connectivity index (χ1n) is 4.60. The Morgan fingerprint density at radius 2 is 2.20 bits per heavy atom. The summed E-state index contributed by atoms with van der Waals surface area (Å²) in [7, 11) is 0. The summed E-state index contributed by atoms with van der Waals surface area (Å²) in [4.78, 5) is 4.06. The Morgan fingerprint density at radius 1 is 1.33 bits per heavy atom. The van der Waals surface area contributed by atoms with Crippen LogP contribution in [0.3, 0.4) is 0 Å². The molecule has 2 heterocycles. The van der Waals surface area contributed by atoms with Gasteiger partial charge in [0.15, 0.2) is 0 Å². The van der Waals surface area contributed by atoms with Gasteiger partial charge in [0.1, 0.15) is 0 Å². The minimum absolute atomic E-state index is 0.480. The molecule has 5 heteroatoms. The van der Waals surface area contributed by atoms with Gasteiger partial charge in [0.05, 0.1) is 5.56 Å². The number of aryl methyl sites for hydroxylation is 2. The second-order valence-corrected chi connectivity index (χ2v) is 3.57. The van der Waals surface area contributed by atoms with Crippen LogP contribution in [0.1, 0.15) is 11.5 Å². The van der Waals surface area contributed by atoms with Crippen molar-refractivity contribution in [2.45, 2.75) is 13.3 Å². The molecule has 4 nitrogen and oxygen atoms in total. The molecule has 0 atom stereocenters. The zero-order valence-corrected chi connectivity index (χ0v) is 9.03. The number of alkyl halides is 1. The molecule has 78 valence electrons. The van der Waals surface area contributed by atoms with Gasteiger partial charge in [-0.25, -0.2) is 0 Å². The highest BCUT2D eigenvalue weighted by Crippen LogP contribution is 2.17. The number of rotatable bonds is 3. The summed E-state index contributed by atoms with van der Waals surface area (Å²) in [5, 5.41) is 7.81. The lowest BCUT2D eigenvalue weighted by molar-refractivity contribution is 0.513. The van der Waals surface area contributed by atoms with Gasteiger partial charge in [-0.05, 0) is 18.6 Å². The van der Waals surface area contributed by atoms with Gasteiger partial charge in [-0.3, -0.25) is 4.98 Å². The van der Waals surface area contributed by atoms with E-state index in [4.69, 9.17) is 16.0 Å². The highest BCUT2D eigenvalue weighted by molar-refractivity contribution is 6.17. The van der Waals surface area contributed by atoms with Crippen molar-refractivity contribution in [3.8, 4) is 11.5 Å². The van der Waals surface area contributed by atoms with Gasteiger partial charge < -0.3 is 4.42 Å². The fourth-order valence-electron chi connectivity index (χ4n) is 1.22. The van der Waals surface area contributed by atoms with E-state index in [1.165, 1.54) is 0 Å². The standard InChI is InChI=1S/C10H10ClN3O/c1-7-4-8(6-12-5-7)10-14-13-9(15-10)2-3-11/h4-6H,2-3H2,1H3. The second-order valence-electron chi connectivity index (χ2n) is 3.19. The summed E-state index contributed by atoms with van der Waals surface area (Å²) in [5.74, 6) is 1.53. The molecule has 0 aliphatic rings. The Kier molecular flexibility index (Phi) is 2.97. The second kappa shape index (κ2) is 4.40. The predicted molar refractivity (Wildman–Crippen MR) is 56.7 cm³/mol. The van der Waals surface area contributed by atoms with Gasteiger partial charge >= 0.3 is 0 Å². The van der Waals surface area contributed by atoms with Crippen LogP contribution >= 0.6 is 11.6 Å². The van der Waals surface area contributed by atoms with Crippen molar-refractivity contribution in [2.24, 2.45) is 0 Å². The van der Waals surface area contributed by atoms with Crippen molar-refractivity contribution in [1.82, 2.24) is 15.2 Å². The lowest BCUT2D eigenvalue weighted by Crippen LogP contribution is -1.84. The Bertz CT molecular complexity index is 455.